The van der Waals surface area contributed by atoms with Gasteiger partial charge in [-0.25, -0.2) is 9.78 Å². The number of hydrogen-bond acceptors (Lipinski definition) is 6. The van der Waals surface area contributed by atoms with E-state index < -0.39 is 6.29 Å². The minimum Gasteiger partial charge on any atom is -0.392 e. The number of urea groups is 1. The van der Waals surface area contributed by atoms with E-state index in [0.717, 1.165) is 81.2 Å². The van der Waals surface area contributed by atoms with Crippen LogP contribution in [-0.4, -0.2) is 33.5 Å². The number of ether oxygens (including phenoxy) is 2. The molecule has 5 aliphatic rings. The average molecular weight is 690 g/mol. The lowest BCUT2D eigenvalue weighted by atomic mass is 9.53. The Labute approximate surface area is 299 Å². The van der Waals surface area contributed by atoms with Crippen LogP contribution in [0.1, 0.15) is 80.1 Å². The van der Waals surface area contributed by atoms with Crippen molar-refractivity contribution >= 4 is 17.8 Å². The summed E-state index contributed by atoms with van der Waals surface area (Å²) in [5, 5.41) is 17.1. The maximum atomic E-state index is 13.1. The summed E-state index contributed by atoms with van der Waals surface area (Å²) in [4.78, 5) is 17.6. The van der Waals surface area contributed by atoms with Crippen LogP contribution in [0.25, 0.3) is 11.1 Å². The normalized spacial score (nSPS) is 29.8. The Kier molecular flexibility index (Phi) is 9.71. The van der Waals surface area contributed by atoms with Gasteiger partial charge in [-0.05, 0) is 102 Å². The first kappa shape index (κ1) is 33.5. The summed E-state index contributed by atoms with van der Waals surface area (Å²) in [6.07, 6.45) is 8.60. The molecule has 0 spiro atoms. The van der Waals surface area contributed by atoms with Crippen molar-refractivity contribution in [1.29, 1.82) is 0 Å². The Hall–Kier alpha value is -3.69. The Morgan fingerprint density at radius 2 is 1.56 bits per heavy atom. The van der Waals surface area contributed by atoms with E-state index in [2.05, 4.69) is 83.2 Å². The zero-order valence-corrected chi connectivity index (χ0v) is 29.5. The maximum Gasteiger partial charge on any atom is 0.315 e. The van der Waals surface area contributed by atoms with E-state index in [1.54, 1.807) is 11.8 Å². The molecular formula is C42H47N3O4S. The van der Waals surface area contributed by atoms with Gasteiger partial charge in [0.05, 0.1) is 23.8 Å². The van der Waals surface area contributed by atoms with E-state index in [1.807, 2.05) is 36.5 Å². The summed E-state index contributed by atoms with van der Waals surface area (Å²) in [5.74, 6) is 3.25. The van der Waals surface area contributed by atoms with Gasteiger partial charge < -0.3 is 25.2 Å². The molecule has 3 N–H and O–H groups in total. The molecule has 260 valence electrons. The molecule has 8 heteroatoms. The van der Waals surface area contributed by atoms with Gasteiger partial charge >= 0.3 is 6.03 Å². The van der Waals surface area contributed by atoms with Gasteiger partial charge in [0.25, 0.3) is 0 Å². The summed E-state index contributed by atoms with van der Waals surface area (Å²) >= 11 is 1.70. The van der Waals surface area contributed by atoms with Gasteiger partial charge in [-0.1, -0.05) is 79.7 Å². The first-order valence-electron chi connectivity index (χ1n) is 18.2. The molecular weight excluding hydrogens is 643 g/mol. The van der Waals surface area contributed by atoms with E-state index in [4.69, 9.17) is 9.47 Å². The number of pyridine rings is 1. The number of amides is 2. The molecule has 2 heterocycles. The number of aromatic nitrogens is 1. The fourth-order valence-corrected chi connectivity index (χ4v) is 10.4. The number of carbonyl (C=O) groups is 1. The van der Waals surface area contributed by atoms with Gasteiger partial charge in [0, 0.05) is 35.5 Å². The molecule has 0 unspecified atom stereocenters. The van der Waals surface area contributed by atoms with Crippen LogP contribution in [0, 0.1) is 23.7 Å². The van der Waals surface area contributed by atoms with Gasteiger partial charge in [0.2, 0.25) is 0 Å². The number of nitrogens with one attached hydrogen (secondary N) is 2. The van der Waals surface area contributed by atoms with Crippen molar-refractivity contribution in [1.82, 2.24) is 15.6 Å². The third kappa shape index (κ3) is 7.35. The largest absolute Gasteiger partial charge is 0.392 e. The highest BCUT2D eigenvalue weighted by Gasteiger charge is 2.51. The number of carbonyl (C=O) groups excluding carboxylic acids is 1. The fourth-order valence-electron chi connectivity index (χ4n) is 9.33. The van der Waals surface area contributed by atoms with Crippen LogP contribution in [0.4, 0.5) is 4.79 Å². The van der Waals surface area contributed by atoms with Crippen molar-refractivity contribution in [3.8, 4) is 11.1 Å². The summed E-state index contributed by atoms with van der Waals surface area (Å²) in [6.45, 7) is 2.69. The van der Waals surface area contributed by atoms with Gasteiger partial charge in [-0.3, -0.25) is 0 Å². The van der Waals surface area contributed by atoms with Crippen molar-refractivity contribution in [3.05, 3.63) is 119 Å². The topological polar surface area (TPSA) is 92.7 Å². The molecule has 4 aliphatic carbocycles. The molecule has 1 aromatic heterocycles. The molecule has 50 heavy (non-hydrogen) atoms. The molecule has 4 aromatic rings. The Morgan fingerprint density at radius 3 is 2.24 bits per heavy atom. The van der Waals surface area contributed by atoms with E-state index >= 15 is 0 Å². The second-order valence-electron chi connectivity index (χ2n) is 15.1. The Bertz CT molecular complexity index is 1730. The molecule has 9 rings (SSSR count). The summed E-state index contributed by atoms with van der Waals surface area (Å²) < 4.78 is 13.3. The van der Waals surface area contributed by atoms with Crippen LogP contribution in [-0.2, 0) is 22.6 Å². The lowest BCUT2D eigenvalue weighted by molar-refractivity contribution is -0.268. The van der Waals surface area contributed by atoms with E-state index in [1.165, 1.54) is 19.3 Å². The first-order chi connectivity index (χ1) is 24.4. The van der Waals surface area contributed by atoms with Crippen LogP contribution < -0.4 is 10.6 Å². The smallest absolute Gasteiger partial charge is 0.315 e. The minimum atomic E-state index is -0.528. The predicted octanol–water partition coefficient (Wildman–Crippen LogP) is 8.59. The van der Waals surface area contributed by atoms with Crippen LogP contribution in [0.15, 0.2) is 102 Å². The molecule has 1 aliphatic heterocycles. The van der Waals surface area contributed by atoms with Gasteiger partial charge in [-0.15, -0.1) is 11.8 Å². The first-order valence-corrected chi connectivity index (χ1v) is 19.2. The van der Waals surface area contributed by atoms with Crippen LogP contribution in [0.5, 0.6) is 0 Å². The number of aliphatic hydroxyl groups excluding tert-OH is 1. The molecule has 4 atom stereocenters. The highest BCUT2D eigenvalue weighted by molar-refractivity contribution is 7.99. The van der Waals surface area contributed by atoms with E-state index in [9.17, 15) is 9.90 Å². The van der Waals surface area contributed by atoms with Crippen molar-refractivity contribution in [2.75, 3.05) is 5.75 Å². The highest BCUT2D eigenvalue weighted by Crippen LogP contribution is 2.55. The molecule has 7 nitrogen and oxygen atoms in total. The van der Waals surface area contributed by atoms with Crippen LogP contribution in [0.3, 0.4) is 0 Å². The fraction of sp³-hybridized carbons (Fsp3) is 0.429. The standard InChI is InChI=1S/C42H47N3O4S/c1-27-37(26-50-38-7-2-3-16-43-38)48-40(49-39(27)34-10-8-28(25-46)9-11-34)35-14-12-33(13-15-35)36-6-4-5-29(20-36)24-44-41(47)45-42-21-30-17-31(22-42)19-32(18-30)23-42/h2-16,20,27,30-32,37,39-40,46H,17-19,21-26H2,1H3,(H2,44,45,47)/t27-,30?,31?,32?,37+,39+,40+,42?/m0/s1. The molecule has 3 aromatic carbocycles. The molecule has 2 amide bonds. The summed E-state index contributed by atoms with van der Waals surface area (Å²) in [6, 6.07) is 30.8. The van der Waals surface area contributed by atoms with E-state index in [-0.39, 0.29) is 36.3 Å². The van der Waals surface area contributed by atoms with Gasteiger partial charge in [0.1, 0.15) is 0 Å². The van der Waals surface area contributed by atoms with Crippen LogP contribution >= 0.6 is 11.8 Å². The SMILES string of the molecule is C[C@H]1[C@@H](CSc2ccccn2)O[C@@H](c2ccc(-c3cccc(CNC(=O)NC45CC6CC(CC(C6)C4)C5)c3)cc2)O[C@H]1c1ccc(CO)cc1. The molecule has 1 saturated heterocycles. The average Bonchev–Trinajstić information content (AvgIpc) is 3.13. The van der Waals surface area contributed by atoms with Gasteiger partial charge in [-0.2, -0.15) is 0 Å². The monoisotopic (exact) mass is 689 g/mol. The zero-order chi connectivity index (χ0) is 34.1. The number of aliphatic hydroxyl groups is 1. The summed E-state index contributed by atoms with van der Waals surface area (Å²) in [5.41, 5.74) is 6.19. The minimum absolute atomic E-state index is 0.00867. The third-order valence-electron chi connectivity index (χ3n) is 11.5. The quantitative estimate of drug-likeness (QED) is 0.145. The number of benzene rings is 3. The maximum absolute atomic E-state index is 13.1. The molecule has 5 fully saturated rings. The third-order valence-corrected chi connectivity index (χ3v) is 12.5. The lowest BCUT2D eigenvalue weighted by Gasteiger charge is -2.56. The Balaban J connectivity index is 0.934. The van der Waals surface area contributed by atoms with Crippen molar-refractivity contribution in [2.45, 2.75) is 87.7 Å². The lowest BCUT2D eigenvalue weighted by Crippen LogP contribution is -2.61. The Morgan fingerprint density at radius 1 is 0.840 bits per heavy atom. The number of thioether (sulfide) groups is 1. The van der Waals surface area contributed by atoms with Crippen molar-refractivity contribution < 1.29 is 19.4 Å². The molecule has 4 bridgehead atoms. The summed E-state index contributed by atoms with van der Waals surface area (Å²) in [7, 11) is 0. The molecule has 4 saturated carbocycles. The second-order valence-corrected chi connectivity index (χ2v) is 16.2. The number of hydrogen-bond donors (Lipinski definition) is 3. The second kappa shape index (κ2) is 14.5. The molecule has 0 radical (unpaired) electrons. The number of nitrogens with zero attached hydrogens (tertiary/aromatic N) is 1. The predicted molar refractivity (Wildman–Crippen MR) is 196 cm³/mol. The van der Waals surface area contributed by atoms with Crippen molar-refractivity contribution in [2.24, 2.45) is 23.7 Å². The van der Waals surface area contributed by atoms with Gasteiger partial charge in [0.15, 0.2) is 6.29 Å². The number of rotatable bonds is 10. The van der Waals surface area contributed by atoms with Crippen LogP contribution in [0.2, 0.25) is 0 Å². The highest BCUT2D eigenvalue weighted by atomic mass is 32.2. The zero-order valence-electron chi connectivity index (χ0n) is 28.7. The van der Waals surface area contributed by atoms with E-state index in [0.29, 0.717) is 6.54 Å². The van der Waals surface area contributed by atoms with Crippen molar-refractivity contribution in [3.63, 3.8) is 0 Å².